The molecule has 1 unspecified atom stereocenters. The number of likely N-dealkylation sites (N-methyl/N-ethyl adjacent to an activating group) is 1. The Balaban J connectivity index is 0.00000225. The summed E-state index contributed by atoms with van der Waals surface area (Å²) in [4.78, 5) is 6.17. The number of nitrogens with one attached hydrogen (secondary N) is 1. The van der Waals surface area contributed by atoms with Gasteiger partial charge in [0.15, 0.2) is 5.82 Å². The molecule has 1 aliphatic rings. The molecule has 5 nitrogen and oxygen atoms in total. The van der Waals surface area contributed by atoms with Crippen LogP contribution in [0.3, 0.4) is 0 Å². The van der Waals surface area contributed by atoms with Gasteiger partial charge in [-0.25, -0.2) is 0 Å². The standard InChI is InChI=1S/C16H17F3N4O.ClH/c1-23-8-7-20-10-13(23)15-21-14(24-22-15)9-12(16(17,18)19)11-5-3-2-4-6-11;/h2-6,9,13,20H,7-8,10H2,1H3;1H/b12-9-;. The predicted octanol–water partition coefficient (Wildman–Crippen LogP) is 3.17. The van der Waals surface area contributed by atoms with Gasteiger partial charge in [0.2, 0.25) is 0 Å². The van der Waals surface area contributed by atoms with E-state index in [1.165, 1.54) is 12.1 Å². The fourth-order valence-electron chi connectivity index (χ4n) is 2.61. The van der Waals surface area contributed by atoms with Gasteiger partial charge in [-0.1, -0.05) is 35.5 Å². The first kappa shape index (κ1) is 19.4. The van der Waals surface area contributed by atoms with Crippen LogP contribution in [0.25, 0.3) is 11.6 Å². The third-order valence-corrected chi connectivity index (χ3v) is 3.92. The van der Waals surface area contributed by atoms with Crippen molar-refractivity contribution >= 4 is 24.1 Å². The molecule has 2 aromatic rings. The summed E-state index contributed by atoms with van der Waals surface area (Å²) >= 11 is 0. The van der Waals surface area contributed by atoms with Gasteiger partial charge in [0.25, 0.3) is 5.89 Å². The molecule has 0 radical (unpaired) electrons. The van der Waals surface area contributed by atoms with Crippen LogP contribution >= 0.6 is 12.4 Å². The first-order valence-electron chi connectivity index (χ1n) is 7.54. The van der Waals surface area contributed by atoms with Crippen molar-refractivity contribution in [1.29, 1.82) is 0 Å². The number of aromatic nitrogens is 2. The highest BCUT2D eigenvalue weighted by Crippen LogP contribution is 2.35. The van der Waals surface area contributed by atoms with E-state index in [-0.39, 0.29) is 29.9 Å². The molecule has 1 atom stereocenters. The maximum Gasteiger partial charge on any atom is 0.417 e. The van der Waals surface area contributed by atoms with Crippen LogP contribution in [0.2, 0.25) is 0 Å². The molecule has 1 N–H and O–H groups in total. The van der Waals surface area contributed by atoms with Gasteiger partial charge in [-0.2, -0.15) is 18.2 Å². The van der Waals surface area contributed by atoms with Gasteiger partial charge < -0.3 is 9.84 Å². The molecule has 3 rings (SSSR count). The van der Waals surface area contributed by atoms with E-state index in [0.29, 0.717) is 12.4 Å². The Morgan fingerprint density at radius 2 is 2.04 bits per heavy atom. The first-order valence-corrected chi connectivity index (χ1v) is 7.54. The number of hydrogen-bond donors (Lipinski definition) is 1. The van der Waals surface area contributed by atoms with Gasteiger partial charge in [0.05, 0.1) is 11.6 Å². The lowest BCUT2D eigenvalue weighted by Gasteiger charge is -2.30. The molecule has 1 aromatic heterocycles. The first-order chi connectivity index (χ1) is 11.4. The number of allylic oxidation sites excluding steroid dienone is 1. The number of nitrogens with zero attached hydrogens (tertiary/aromatic N) is 3. The predicted molar refractivity (Wildman–Crippen MR) is 90.2 cm³/mol. The summed E-state index contributed by atoms with van der Waals surface area (Å²) in [7, 11) is 1.92. The fraction of sp³-hybridized carbons (Fsp3) is 0.375. The lowest BCUT2D eigenvalue weighted by atomic mass is 10.1. The summed E-state index contributed by atoms with van der Waals surface area (Å²) in [5, 5.41) is 7.04. The highest BCUT2D eigenvalue weighted by Gasteiger charge is 2.35. The molecule has 0 saturated carbocycles. The number of piperazine rings is 1. The van der Waals surface area contributed by atoms with Crippen LogP contribution in [0.4, 0.5) is 13.2 Å². The monoisotopic (exact) mass is 374 g/mol. The number of alkyl halides is 3. The van der Waals surface area contributed by atoms with Crippen LogP contribution in [-0.4, -0.2) is 47.9 Å². The van der Waals surface area contributed by atoms with Crippen LogP contribution in [0.15, 0.2) is 34.9 Å². The molecule has 1 aliphatic heterocycles. The summed E-state index contributed by atoms with van der Waals surface area (Å²) in [5.41, 5.74) is -0.755. The topological polar surface area (TPSA) is 54.2 Å². The lowest BCUT2D eigenvalue weighted by Crippen LogP contribution is -2.44. The van der Waals surface area contributed by atoms with Gasteiger partial charge in [-0.3, -0.25) is 4.90 Å². The molecule has 0 amide bonds. The Morgan fingerprint density at radius 1 is 1.32 bits per heavy atom. The van der Waals surface area contributed by atoms with Crippen LogP contribution < -0.4 is 5.32 Å². The minimum atomic E-state index is -4.51. The minimum absolute atomic E-state index is 0. The quantitative estimate of drug-likeness (QED) is 0.894. The zero-order valence-corrected chi connectivity index (χ0v) is 14.3. The second-order valence-electron chi connectivity index (χ2n) is 5.61. The second-order valence-corrected chi connectivity index (χ2v) is 5.61. The van der Waals surface area contributed by atoms with Gasteiger partial charge >= 0.3 is 6.18 Å². The highest BCUT2D eigenvalue weighted by atomic mass is 35.5. The molecule has 0 bridgehead atoms. The zero-order valence-electron chi connectivity index (χ0n) is 13.5. The summed E-state index contributed by atoms with van der Waals surface area (Å²) in [5.74, 6) is 0.227. The van der Waals surface area contributed by atoms with Crippen molar-refractivity contribution in [2.45, 2.75) is 12.2 Å². The summed E-state index contributed by atoms with van der Waals surface area (Å²) in [6.07, 6.45) is -3.62. The Morgan fingerprint density at radius 3 is 2.68 bits per heavy atom. The molecule has 2 heterocycles. The van der Waals surface area contributed by atoms with Crippen LogP contribution in [0.1, 0.15) is 23.3 Å². The number of benzene rings is 1. The van der Waals surface area contributed by atoms with E-state index in [9.17, 15) is 13.2 Å². The maximum absolute atomic E-state index is 13.3. The fourth-order valence-corrected chi connectivity index (χ4v) is 2.61. The van der Waals surface area contributed by atoms with Crippen molar-refractivity contribution in [1.82, 2.24) is 20.4 Å². The summed E-state index contributed by atoms with van der Waals surface area (Å²) in [6.45, 7) is 2.29. The molecule has 136 valence electrons. The maximum atomic E-state index is 13.3. The van der Waals surface area contributed by atoms with Crippen molar-refractivity contribution in [3.8, 4) is 0 Å². The third-order valence-electron chi connectivity index (χ3n) is 3.92. The summed E-state index contributed by atoms with van der Waals surface area (Å²) in [6, 6.07) is 7.45. The van der Waals surface area contributed by atoms with E-state index in [1.54, 1.807) is 18.2 Å². The van der Waals surface area contributed by atoms with Crippen molar-refractivity contribution in [3.63, 3.8) is 0 Å². The van der Waals surface area contributed by atoms with Crippen LogP contribution in [0, 0.1) is 0 Å². The van der Waals surface area contributed by atoms with Gasteiger partial charge in [-0.15, -0.1) is 12.4 Å². The Kier molecular flexibility index (Phi) is 6.21. The zero-order chi connectivity index (χ0) is 17.2. The minimum Gasteiger partial charge on any atom is -0.335 e. The van der Waals surface area contributed by atoms with E-state index in [1.807, 2.05) is 11.9 Å². The van der Waals surface area contributed by atoms with Crippen molar-refractivity contribution < 1.29 is 17.7 Å². The van der Waals surface area contributed by atoms with E-state index in [2.05, 4.69) is 15.5 Å². The molecule has 0 aliphatic carbocycles. The van der Waals surface area contributed by atoms with Crippen molar-refractivity contribution in [2.24, 2.45) is 0 Å². The average molecular weight is 375 g/mol. The van der Waals surface area contributed by atoms with E-state index in [4.69, 9.17) is 4.52 Å². The molecule has 1 saturated heterocycles. The summed E-state index contributed by atoms with van der Waals surface area (Å²) < 4.78 is 45.0. The van der Waals surface area contributed by atoms with E-state index >= 15 is 0 Å². The number of hydrogen-bond acceptors (Lipinski definition) is 5. The third kappa shape index (κ3) is 4.59. The normalized spacial score (nSPS) is 19.5. The smallest absolute Gasteiger partial charge is 0.335 e. The second kappa shape index (κ2) is 7.99. The Hall–Kier alpha value is -1.90. The van der Waals surface area contributed by atoms with Gasteiger partial charge in [0.1, 0.15) is 0 Å². The molecular formula is C16H18ClF3N4O. The Bertz CT molecular complexity index is 718. The SMILES string of the molecule is CN1CCNCC1c1noc(/C=C(/c2ccccc2)C(F)(F)F)n1.Cl. The van der Waals surface area contributed by atoms with Gasteiger partial charge in [-0.05, 0) is 12.6 Å². The molecule has 1 fully saturated rings. The van der Waals surface area contributed by atoms with Crippen LogP contribution in [0.5, 0.6) is 0 Å². The molecule has 0 spiro atoms. The van der Waals surface area contributed by atoms with Crippen LogP contribution in [-0.2, 0) is 0 Å². The van der Waals surface area contributed by atoms with Crippen molar-refractivity contribution in [2.75, 3.05) is 26.7 Å². The Labute approximate surface area is 149 Å². The lowest BCUT2D eigenvalue weighted by molar-refractivity contribution is -0.0683. The van der Waals surface area contributed by atoms with Crippen molar-refractivity contribution in [3.05, 3.63) is 47.6 Å². The average Bonchev–Trinajstić information content (AvgIpc) is 3.01. The molecular weight excluding hydrogens is 357 g/mol. The van der Waals surface area contributed by atoms with E-state index < -0.39 is 11.7 Å². The number of halogens is 4. The molecule has 1 aromatic carbocycles. The number of rotatable bonds is 3. The van der Waals surface area contributed by atoms with E-state index in [0.717, 1.165) is 19.2 Å². The molecule has 25 heavy (non-hydrogen) atoms. The van der Waals surface area contributed by atoms with Gasteiger partial charge in [0, 0.05) is 25.7 Å². The molecule has 9 heteroatoms. The highest BCUT2D eigenvalue weighted by molar-refractivity contribution is 5.85. The largest absolute Gasteiger partial charge is 0.417 e.